The fourth-order valence-electron chi connectivity index (χ4n) is 4.16. The van der Waals surface area contributed by atoms with Gasteiger partial charge < -0.3 is 14.5 Å². The second-order valence-electron chi connectivity index (χ2n) is 7.98. The molecular weight excluding hydrogens is 340 g/mol. The van der Waals surface area contributed by atoms with E-state index in [0.717, 1.165) is 35.3 Å². The third-order valence-corrected chi connectivity index (χ3v) is 6.11. The normalized spacial score (nSPS) is 18.5. The first-order valence-corrected chi connectivity index (χ1v) is 10.2. The zero-order valence-corrected chi connectivity index (χ0v) is 16.9. The molecule has 1 aliphatic heterocycles. The smallest absolute Gasteiger partial charge is 0.260 e. The first-order valence-electron chi connectivity index (χ1n) is 10.2. The Morgan fingerprint density at radius 3 is 2.19 bits per heavy atom. The van der Waals surface area contributed by atoms with Gasteiger partial charge in [0.25, 0.3) is 5.91 Å². The second kappa shape index (κ2) is 8.77. The van der Waals surface area contributed by atoms with Crippen molar-refractivity contribution in [2.75, 3.05) is 32.8 Å². The van der Waals surface area contributed by atoms with Crippen molar-refractivity contribution in [3.8, 4) is 5.75 Å². The highest BCUT2D eigenvalue weighted by molar-refractivity contribution is 5.80. The molecule has 1 aromatic carbocycles. The summed E-state index contributed by atoms with van der Waals surface area (Å²) in [7, 11) is 0. The Kier molecular flexibility index (Phi) is 6.40. The molecular formula is C22H32N2O3. The first kappa shape index (κ1) is 19.7. The second-order valence-corrected chi connectivity index (χ2v) is 7.98. The van der Waals surface area contributed by atoms with Gasteiger partial charge in [-0.15, -0.1) is 0 Å². The predicted molar refractivity (Wildman–Crippen MR) is 106 cm³/mol. The lowest BCUT2D eigenvalue weighted by atomic mass is 9.88. The number of hydrogen-bond donors (Lipinski definition) is 0. The summed E-state index contributed by atoms with van der Waals surface area (Å²) < 4.78 is 5.86. The first-order chi connectivity index (χ1) is 13.0. The van der Waals surface area contributed by atoms with Crippen LogP contribution in [0.2, 0.25) is 0 Å². The molecule has 0 N–H and O–H groups in total. The molecule has 1 aliphatic carbocycles. The Bertz CT molecular complexity index is 687. The Morgan fingerprint density at radius 2 is 1.52 bits per heavy atom. The van der Waals surface area contributed by atoms with Crippen LogP contribution < -0.4 is 4.74 Å². The molecule has 1 heterocycles. The number of ether oxygens (including phenoxy) is 1. The predicted octanol–water partition coefficient (Wildman–Crippen LogP) is 3.24. The molecule has 0 spiro atoms. The highest BCUT2D eigenvalue weighted by Gasteiger charge is 2.29. The van der Waals surface area contributed by atoms with Gasteiger partial charge in [0.05, 0.1) is 0 Å². The summed E-state index contributed by atoms with van der Waals surface area (Å²) in [4.78, 5) is 29.0. The zero-order chi connectivity index (χ0) is 19.4. The van der Waals surface area contributed by atoms with Gasteiger partial charge >= 0.3 is 0 Å². The molecule has 148 valence electrons. The molecule has 0 radical (unpaired) electrons. The molecule has 1 saturated heterocycles. The Balaban J connectivity index is 1.49. The molecule has 1 saturated carbocycles. The van der Waals surface area contributed by atoms with Crippen molar-refractivity contribution in [3.63, 3.8) is 0 Å². The molecule has 5 heteroatoms. The third kappa shape index (κ3) is 4.63. The molecule has 0 bridgehead atoms. The summed E-state index contributed by atoms with van der Waals surface area (Å²) >= 11 is 0. The van der Waals surface area contributed by atoms with E-state index in [9.17, 15) is 9.59 Å². The van der Waals surface area contributed by atoms with Crippen LogP contribution in [-0.2, 0) is 9.59 Å². The van der Waals surface area contributed by atoms with Crippen LogP contribution in [-0.4, -0.2) is 54.4 Å². The van der Waals surface area contributed by atoms with E-state index in [0.29, 0.717) is 32.1 Å². The number of nitrogens with zero attached hydrogens (tertiary/aromatic N) is 2. The van der Waals surface area contributed by atoms with Gasteiger partial charge in [0, 0.05) is 32.1 Å². The highest BCUT2D eigenvalue weighted by Crippen LogP contribution is 2.27. The average molecular weight is 373 g/mol. The molecule has 27 heavy (non-hydrogen) atoms. The molecule has 2 fully saturated rings. The number of piperazine rings is 1. The monoisotopic (exact) mass is 372 g/mol. The van der Waals surface area contributed by atoms with E-state index in [4.69, 9.17) is 4.74 Å². The highest BCUT2D eigenvalue weighted by atomic mass is 16.5. The van der Waals surface area contributed by atoms with Crippen LogP contribution in [0, 0.1) is 26.7 Å². The zero-order valence-electron chi connectivity index (χ0n) is 16.9. The molecule has 5 nitrogen and oxygen atoms in total. The van der Waals surface area contributed by atoms with Crippen LogP contribution in [0.4, 0.5) is 0 Å². The lowest BCUT2D eigenvalue weighted by Crippen LogP contribution is -2.53. The average Bonchev–Trinajstić information content (AvgIpc) is 2.71. The lowest BCUT2D eigenvalue weighted by molar-refractivity contribution is -0.143. The molecule has 0 aromatic heterocycles. The van der Waals surface area contributed by atoms with E-state index in [1.54, 1.807) is 0 Å². The SMILES string of the molecule is Cc1ccc(C)c(OCC(=O)N2CCN(C(=O)C3CCCCC3)CC2)c1C. The molecule has 2 amide bonds. The van der Waals surface area contributed by atoms with Crippen molar-refractivity contribution in [1.29, 1.82) is 0 Å². The van der Waals surface area contributed by atoms with Crippen LogP contribution in [0.25, 0.3) is 0 Å². The van der Waals surface area contributed by atoms with E-state index >= 15 is 0 Å². The van der Waals surface area contributed by atoms with Crippen LogP contribution >= 0.6 is 0 Å². The number of benzene rings is 1. The van der Waals surface area contributed by atoms with Gasteiger partial charge in [-0.3, -0.25) is 9.59 Å². The van der Waals surface area contributed by atoms with E-state index in [2.05, 4.69) is 6.07 Å². The van der Waals surface area contributed by atoms with Crippen LogP contribution in [0.1, 0.15) is 48.8 Å². The Labute approximate surface area is 162 Å². The maximum Gasteiger partial charge on any atom is 0.260 e. The number of aryl methyl sites for hydroxylation is 2. The largest absolute Gasteiger partial charge is 0.483 e. The number of amides is 2. The standard InChI is InChI=1S/C22H32N2O3/c1-16-9-10-17(2)21(18(16)3)27-15-20(25)23-11-13-24(14-12-23)22(26)19-7-5-4-6-8-19/h9-10,19H,4-8,11-15H2,1-3H3. The quantitative estimate of drug-likeness (QED) is 0.815. The van der Waals surface area contributed by atoms with Crippen LogP contribution in [0.5, 0.6) is 5.75 Å². The van der Waals surface area contributed by atoms with Gasteiger partial charge in [-0.25, -0.2) is 0 Å². The summed E-state index contributed by atoms with van der Waals surface area (Å²) in [6.07, 6.45) is 5.65. The van der Waals surface area contributed by atoms with Crippen molar-refractivity contribution < 1.29 is 14.3 Å². The molecule has 1 aromatic rings. The van der Waals surface area contributed by atoms with Gasteiger partial charge in [0.1, 0.15) is 5.75 Å². The Morgan fingerprint density at radius 1 is 0.926 bits per heavy atom. The fraction of sp³-hybridized carbons (Fsp3) is 0.636. The van der Waals surface area contributed by atoms with Crippen molar-refractivity contribution in [2.24, 2.45) is 5.92 Å². The fourth-order valence-corrected chi connectivity index (χ4v) is 4.16. The van der Waals surface area contributed by atoms with Crippen LogP contribution in [0.3, 0.4) is 0 Å². The Hall–Kier alpha value is -2.04. The van der Waals surface area contributed by atoms with Gasteiger partial charge in [-0.1, -0.05) is 31.4 Å². The summed E-state index contributed by atoms with van der Waals surface area (Å²) in [6, 6.07) is 4.10. The number of carbonyl (C=O) groups is 2. The van der Waals surface area contributed by atoms with Gasteiger partial charge in [0.15, 0.2) is 6.61 Å². The molecule has 0 unspecified atom stereocenters. The third-order valence-electron chi connectivity index (χ3n) is 6.11. The van der Waals surface area contributed by atoms with Gasteiger partial charge in [-0.05, 0) is 50.3 Å². The van der Waals surface area contributed by atoms with Crippen molar-refractivity contribution in [3.05, 3.63) is 28.8 Å². The summed E-state index contributed by atoms with van der Waals surface area (Å²) in [5, 5.41) is 0. The van der Waals surface area contributed by atoms with E-state index in [1.807, 2.05) is 36.6 Å². The molecule has 3 rings (SSSR count). The number of hydrogen-bond acceptors (Lipinski definition) is 3. The van der Waals surface area contributed by atoms with E-state index < -0.39 is 0 Å². The number of rotatable bonds is 4. The topological polar surface area (TPSA) is 49.9 Å². The van der Waals surface area contributed by atoms with Crippen molar-refractivity contribution in [2.45, 2.75) is 52.9 Å². The van der Waals surface area contributed by atoms with E-state index in [1.165, 1.54) is 19.3 Å². The summed E-state index contributed by atoms with van der Waals surface area (Å²) in [6.45, 7) is 8.62. The molecule has 0 atom stereocenters. The van der Waals surface area contributed by atoms with Crippen LogP contribution in [0.15, 0.2) is 12.1 Å². The minimum atomic E-state index is 0.0000662. The van der Waals surface area contributed by atoms with Gasteiger partial charge in [0.2, 0.25) is 5.91 Å². The summed E-state index contributed by atoms with van der Waals surface area (Å²) in [5.74, 6) is 1.31. The van der Waals surface area contributed by atoms with Crippen molar-refractivity contribution >= 4 is 11.8 Å². The summed E-state index contributed by atoms with van der Waals surface area (Å²) in [5.41, 5.74) is 3.30. The minimum absolute atomic E-state index is 0.0000662. The maximum absolute atomic E-state index is 12.6. The van der Waals surface area contributed by atoms with Crippen molar-refractivity contribution in [1.82, 2.24) is 9.80 Å². The van der Waals surface area contributed by atoms with Gasteiger partial charge in [-0.2, -0.15) is 0 Å². The minimum Gasteiger partial charge on any atom is -0.483 e. The maximum atomic E-state index is 12.6. The lowest BCUT2D eigenvalue weighted by Gasteiger charge is -2.37. The molecule has 2 aliphatic rings. The number of carbonyl (C=O) groups excluding carboxylic acids is 2. The van der Waals surface area contributed by atoms with E-state index in [-0.39, 0.29) is 18.4 Å².